The average molecular weight is 581 g/mol. The van der Waals surface area contributed by atoms with Crippen molar-refractivity contribution >= 4 is 23.5 Å². The number of alkyl halides is 2. The zero-order valence-corrected chi connectivity index (χ0v) is 22.8. The highest BCUT2D eigenvalue weighted by atomic mass is 32.2. The molecule has 3 aromatic rings. The van der Waals surface area contributed by atoms with E-state index in [1.807, 2.05) is 30.3 Å². The molecule has 0 aromatic heterocycles. The van der Waals surface area contributed by atoms with Crippen molar-refractivity contribution in [3.63, 3.8) is 0 Å². The highest BCUT2D eigenvalue weighted by Crippen LogP contribution is 2.48. The maximum Gasteiger partial charge on any atom is 0.442 e. The van der Waals surface area contributed by atoms with Gasteiger partial charge in [-0.3, -0.25) is 4.79 Å². The Morgan fingerprint density at radius 3 is 2.05 bits per heavy atom. The number of aryl methyl sites for hydroxylation is 1. The van der Waals surface area contributed by atoms with Crippen LogP contribution in [0.4, 0.5) is 8.78 Å². The summed E-state index contributed by atoms with van der Waals surface area (Å²) < 4.78 is 69.4. The van der Waals surface area contributed by atoms with Crippen molar-refractivity contribution in [3.05, 3.63) is 102 Å². The molecule has 12 heteroatoms. The van der Waals surface area contributed by atoms with Crippen LogP contribution in [0.3, 0.4) is 0 Å². The molecule has 1 unspecified atom stereocenters. The summed E-state index contributed by atoms with van der Waals surface area (Å²) >= 11 is 0. The number of halogens is 2. The van der Waals surface area contributed by atoms with Gasteiger partial charge in [0.15, 0.2) is 0 Å². The monoisotopic (exact) mass is 580 g/mol. The number of carbonyl (C=O) groups is 1. The van der Waals surface area contributed by atoms with Gasteiger partial charge >= 0.3 is 13.8 Å². The Labute approximate surface area is 227 Å². The van der Waals surface area contributed by atoms with Crippen molar-refractivity contribution in [1.82, 2.24) is 10.0 Å². The van der Waals surface area contributed by atoms with Crippen LogP contribution in [0.5, 0.6) is 5.75 Å². The molecule has 8 nitrogen and oxygen atoms in total. The first-order valence-corrected chi connectivity index (χ1v) is 15.6. The first-order valence-electron chi connectivity index (χ1n) is 12.3. The molecule has 1 amide bonds. The van der Waals surface area contributed by atoms with Crippen LogP contribution in [0.1, 0.15) is 29.5 Å². The maximum absolute atomic E-state index is 13.0. The van der Waals surface area contributed by atoms with E-state index in [4.69, 9.17) is 0 Å². The van der Waals surface area contributed by atoms with Crippen molar-refractivity contribution in [2.45, 2.75) is 43.6 Å². The van der Waals surface area contributed by atoms with E-state index in [0.717, 1.165) is 12.8 Å². The molecular formula is C27H31F2N2O6PS. The van der Waals surface area contributed by atoms with Gasteiger partial charge in [-0.2, -0.15) is 8.78 Å². The summed E-state index contributed by atoms with van der Waals surface area (Å²) in [5, 5.41) is 2.79. The van der Waals surface area contributed by atoms with Gasteiger partial charge in [0.25, 0.3) is 0 Å². The summed E-state index contributed by atoms with van der Waals surface area (Å²) in [7, 11) is -9.03. The van der Waals surface area contributed by atoms with Gasteiger partial charge in [-0.25, -0.2) is 17.7 Å². The fourth-order valence-corrected chi connectivity index (χ4v) is 5.63. The number of hydrogen-bond acceptors (Lipinski definition) is 5. The number of carbonyl (C=O) groups excluding carboxylic acids is 1. The second kappa shape index (κ2) is 14.3. The van der Waals surface area contributed by atoms with E-state index < -0.39 is 35.7 Å². The number of hydrogen-bond donors (Lipinski definition) is 3. The van der Waals surface area contributed by atoms with Crippen molar-refractivity contribution < 1.29 is 36.0 Å². The first kappa shape index (κ1) is 30.4. The lowest BCUT2D eigenvalue weighted by atomic mass is 10.1. The molecule has 3 N–H and O–H groups in total. The van der Waals surface area contributed by atoms with Crippen LogP contribution in [0.25, 0.3) is 0 Å². The lowest BCUT2D eigenvalue weighted by Crippen LogP contribution is -2.48. The van der Waals surface area contributed by atoms with Crippen LogP contribution in [-0.2, 0) is 38.0 Å². The van der Waals surface area contributed by atoms with Gasteiger partial charge in [0.2, 0.25) is 15.9 Å². The summed E-state index contributed by atoms with van der Waals surface area (Å²) in [5.74, 6) is -1.08. The minimum absolute atomic E-state index is 0.0459. The maximum atomic E-state index is 13.0. The molecule has 3 rings (SSSR count). The van der Waals surface area contributed by atoms with Crippen molar-refractivity contribution in [2.24, 2.45) is 0 Å². The summed E-state index contributed by atoms with van der Waals surface area (Å²) in [6.07, 6.45) is -1.22. The summed E-state index contributed by atoms with van der Waals surface area (Å²) in [6, 6.07) is 22.5. The number of rotatable bonds is 15. The lowest BCUT2D eigenvalue weighted by molar-refractivity contribution is -0.122. The van der Waals surface area contributed by atoms with Gasteiger partial charge in [-0.15, -0.1) is 0 Å². The molecule has 2 atom stereocenters. The molecule has 0 aliphatic rings. The third-order valence-corrected chi connectivity index (χ3v) is 8.04. The predicted molar refractivity (Wildman–Crippen MR) is 145 cm³/mol. The van der Waals surface area contributed by atoms with E-state index in [1.54, 1.807) is 30.3 Å². The SMILES string of the molecule is O=C(NCCCCc1ccccc1)[C@H](Cc1ccc(OP(=O)(O)C(F)F)cc1)NS(=O)(=O)Cc1ccccc1. The van der Waals surface area contributed by atoms with E-state index in [0.29, 0.717) is 24.1 Å². The Bertz CT molecular complexity index is 1340. The smallest absolute Gasteiger partial charge is 0.421 e. The van der Waals surface area contributed by atoms with Gasteiger partial charge < -0.3 is 14.7 Å². The molecule has 0 spiro atoms. The molecule has 210 valence electrons. The van der Waals surface area contributed by atoms with E-state index >= 15 is 0 Å². The van der Waals surface area contributed by atoms with Crippen LogP contribution < -0.4 is 14.6 Å². The minimum Gasteiger partial charge on any atom is -0.421 e. The van der Waals surface area contributed by atoms with Crippen LogP contribution in [0.15, 0.2) is 84.9 Å². The van der Waals surface area contributed by atoms with Crippen LogP contribution in [-0.4, -0.2) is 38.0 Å². The Balaban J connectivity index is 1.65. The highest BCUT2D eigenvalue weighted by Gasteiger charge is 2.34. The molecule has 0 aliphatic heterocycles. The van der Waals surface area contributed by atoms with Gasteiger partial charge in [-0.05, 0) is 54.5 Å². The van der Waals surface area contributed by atoms with E-state index in [1.165, 1.54) is 29.8 Å². The Kier molecular flexibility index (Phi) is 11.2. The third-order valence-electron chi connectivity index (χ3n) is 5.72. The van der Waals surface area contributed by atoms with Crippen molar-refractivity contribution in [2.75, 3.05) is 6.54 Å². The number of benzene rings is 3. The minimum atomic E-state index is -5.13. The zero-order chi connectivity index (χ0) is 28.3. The molecule has 3 aromatic carbocycles. The molecule has 0 fully saturated rings. The van der Waals surface area contributed by atoms with Gasteiger partial charge in [-0.1, -0.05) is 72.8 Å². The third kappa shape index (κ3) is 10.5. The summed E-state index contributed by atoms with van der Waals surface area (Å²) in [6.45, 7) is 0.356. The van der Waals surface area contributed by atoms with Gasteiger partial charge in [0.1, 0.15) is 11.8 Å². The van der Waals surface area contributed by atoms with E-state index in [-0.39, 0.29) is 17.9 Å². The number of unbranched alkanes of at least 4 members (excludes halogenated alkanes) is 1. The second-order valence-electron chi connectivity index (χ2n) is 8.93. The quantitative estimate of drug-likeness (QED) is 0.178. The van der Waals surface area contributed by atoms with Crippen molar-refractivity contribution in [3.8, 4) is 5.75 Å². The van der Waals surface area contributed by atoms with E-state index in [2.05, 4.69) is 14.6 Å². The Morgan fingerprint density at radius 2 is 1.46 bits per heavy atom. The topological polar surface area (TPSA) is 122 Å². The number of amides is 1. The number of nitrogens with one attached hydrogen (secondary N) is 2. The molecule has 39 heavy (non-hydrogen) atoms. The normalized spacial score (nSPS) is 13.9. The van der Waals surface area contributed by atoms with Crippen molar-refractivity contribution in [1.29, 1.82) is 0 Å². The van der Waals surface area contributed by atoms with Gasteiger partial charge in [0, 0.05) is 6.54 Å². The standard InChI is InChI=1S/C27H31F2N2O6PS/c28-27(29)38(33,34)37-24-16-14-22(15-17-24)19-25(31-39(35,36)20-23-12-5-2-6-13-23)26(32)30-18-8-7-11-21-9-3-1-4-10-21/h1-6,9-10,12-17,25,27,31H,7-8,11,18-20H2,(H,30,32)(H,33,34)/t25-/m0/s1. The van der Waals surface area contributed by atoms with Crippen LogP contribution in [0.2, 0.25) is 0 Å². The predicted octanol–water partition coefficient (Wildman–Crippen LogP) is 4.64. The fourth-order valence-electron chi connectivity index (χ4n) is 3.79. The molecule has 0 radical (unpaired) electrons. The molecule has 0 aliphatic carbocycles. The molecule has 0 saturated heterocycles. The summed E-state index contributed by atoms with van der Waals surface area (Å²) in [5.41, 5.74) is 2.23. The first-order chi connectivity index (χ1) is 18.5. The number of sulfonamides is 1. The Morgan fingerprint density at radius 1 is 0.872 bits per heavy atom. The molecule has 0 heterocycles. The van der Waals surface area contributed by atoms with Gasteiger partial charge in [0.05, 0.1) is 5.75 Å². The lowest BCUT2D eigenvalue weighted by Gasteiger charge is -2.19. The fraction of sp³-hybridized carbons (Fsp3) is 0.296. The van der Waals surface area contributed by atoms with E-state index in [9.17, 15) is 31.5 Å². The second-order valence-corrected chi connectivity index (χ2v) is 12.4. The Hall–Kier alpha value is -3.11. The average Bonchev–Trinajstić information content (AvgIpc) is 2.89. The molecular weight excluding hydrogens is 549 g/mol. The zero-order valence-electron chi connectivity index (χ0n) is 21.1. The van der Waals surface area contributed by atoms with Crippen LogP contribution >= 0.6 is 7.60 Å². The highest BCUT2D eigenvalue weighted by molar-refractivity contribution is 7.88. The molecule has 0 saturated carbocycles. The molecule has 0 bridgehead atoms. The van der Waals surface area contributed by atoms with Crippen LogP contribution in [0, 0.1) is 0 Å². The largest absolute Gasteiger partial charge is 0.442 e. The summed E-state index contributed by atoms with van der Waals surface area (Å²) in [4.78, 5) is 22.2.